The van der Waals surface area contributed by atoms with Crippen molar-refractivity contribution in [1.29, 1.82) is 0 Å². The predicted octanol–water partition coefficient (Wildman–Crippen LogP) is 4.97. The number of rotatable bonds is 6. The first-order valence-corrected chi connectivity index (χ1v) is 10.8. The second-order valence-corrected chi connectivity index (χ2v) is 7.86. The van der Waals surface area contributed by atoms with Crippen molar-refractivity contribution >= 4 is 29.3 Å². The van der Waals surface area contributed by atoms with Gasteiger partial charge in [0.15, 0.2) is 5.11 Å². The van der Waals surface area contributed by atoms with Gasteiger partial charge in [0.05, 0.1) is 7.11 Å². The lowest BCUT2D eigenvalue weighted by molar-refractivity contribution is -0.122. The van der Waals surface area contributed by atoms with Gasteiger partial charge in [0.1, 0.15) is 22.9 Å². The molecule has 1 saturated heterocycles. The van der Waals surface area contributed by atoms with Crippen LogP contribution in [-0.2, 0) is 4.79 Å². The van der Waals surface area contributed by atoms with E-state index in [4.69, 9.17) is 21.7 Å². The number of aromatic nitrogens is 1. The van der Waals surface area contributed by atoms with Crippen LogP contribution in [0.25, 0.3) is 11.8 Å². The van der Waals surface area contributed by atoms with Crippen LogP contribution in [0, 0.1) is 13.8 Å². The summed E-state index contributed by atoms with van der Waals surface area (Å²) in [7, 11) is 1.64. The lowest BCUT2D eigenvalue weighted by atomic mass is 10.2. The summed E-state index contributed by atoms with van der Waals surface area (Å²) in [6.07, 6.45) is 1.87. The number of benzene rings is 2. The van der Waals surface area contributed by atoms with Crippen LogP contribution in [0.1, 0.15) is 23.9 Å². The normalized spacial score (nSPS) is 14.8. The van der Waals surface area contributed by atoms with E-state index in [-0.39, 0.29) is 5.91 Å². The highest BCUT2D eigenvalue weighted by Crippen LogP contribution is 2.27. The monoisotopic (exact) mass is 447 g/mol. The summed E-state index contributed by atoms with van der Waals surface area (Å²) in [6.45, 7) is 6.54. The predicted molar refractivity (Wildman–Crippen MR) is 129 cm³/mol. The topological polar surface area (TPSA) is 55.7 Å². The fourth-order valence-electron chi connectivity index (χ4n) is 3.79. The first-order valence-electron chi connectivity index (χ1n) is 10.4. The van der Waals surface area contributed by atoms with Gasteiger partial charge in [-0.1, -0.05) is 0 Å². The molecule has 1 amide bonds. The lowest BCUT2D eigenvalue weighted by Gasteiger charge is -2.11. The number of amides is 1. The average molecular weight is 448 g/mol. The third-order valence-corrected chi connectivity index (χ3v) is 5.76. The standard InChI is InChI=1S/C25H25N3O3S/c1-5-27-24(29)23(26-25(27)32)15-18-14-16(2)28(17(18)3)19-6-8-21(9-7-19)31-22-12-10-20(30-4)11-13-22/h6-15H,5H2,1-4H3,(H,26,32)/b23-15-. The van der Waals surface area contributed by atoms with Gasteiger partial charge >= 0.3 is 0 Å². The van der Waals surface area contributed by atoms with Gasteiger partial charge in [-0.2, -0.15) is 0 Å². The Kier molecular flexibility index (Phi) is 6.01. The van der Waals surface area contributed by atoms with Gasteiger partial charge in [0, 0.05) is 23.6 Å². The average Bonchev–Trinajstić information content (AvgIpc) is 3.23. The molecule has 2 aromatic carbocycles. The Morgan fingerprint density at radius 3 is 2.16 bits per heavy atom. The van der Waals surface area contributed by atoms with E-state index in [1.807, 2.05) is 75.4 Å². The second kappa shape index (κ2) is 8.88. The number of likely N-dealkylation sites (N-methyl/N-ethyl adjacent to an activating group) is 1. The molecule has 0 spiro atoms. The Morgan fingerprint density at radius 1 is 1.00 bits per heavy atom. The van der Waals surface area contributed by atoms with Crippen LogP contribution in [0.3, 0.4) is 0 Å². The summed E-state index contributed by atoms with van der Waals surface area (Å²) in [5.74, 6) is 2.18. The van der Waals surface area contributed by atoms with E-state index in [2.05, 4.69) is 16.0 Å². The minimum Gasteiger partial charge on any atom is -0.497 e. The highest BCUT2D eigenvalue weighted by Gasteiger charge is 2.29. The number of hydrogen-bond acceptors (Lipinski definition) is 4. The Labute approximate surface area is 193 Å². The zero-order valence-corrected chi connectivity index (χ0v) is 19.3. The van der Waals surface area contributed by atoms with Gasteiger partial charge < -0.3 is 19.4 Å². The molecular weight excluding hydrogens is 422 g/mol. The van der Waals surface area contributed by atoms with Crippen molar-refractivity contribution in [2.45, 2.75) is 20.8 Å². The molecule has 6 nitrogen and oxygen atoms in total. The fraction of sp³-hybridized carbons (Fsp3) is 0.200. The molecule has 32 heavy (non-hydrogen) atoms. The van der Waals surface area contributed by atoms with Gasteiger partial charge in [-0.15, -0.1) is 0 Å². The summed E-state index contributed by atoms with van der Waals surface area (Å²) < 4.78 is 13.3. The fourth-order valence-corrected chi connectivity index (χ4v) is 4.11. The minimum atomic E-state index is -0.0951. The molecule has 1 aliphatic rings. The summed E-state index contributed by atoms with van der Waals surface area (Å²) in [4.78, 5) is 14.1. The molecule has 3 aromatic rings. The Balaban J connectivity index is 1.57. The lowest BCUT2D eigenvalue weighted by Crippen LogP contribution is -2.30. The molecule has 2 heterocycles. The molecule has 1 aliphatic heterocycles. The SMILES string of the molecule is CCN1C(=O)/C(=C/c2cc(C)n(-c3ccc(Oc4ccc(OC)cc4)cc3)c2C)NC1=S. The van der Waals surface area contributed by atoms with Crippen molar-refractivity contribution in [3.8, 4) is 22.9 Å². The van der Waals surface area contributed by atoms with Crippen LogP contribution in [0.4, 0.5) is 0 Å². The van der Waals surface area contributed by atoms with E-state index >= 15 is 0 Å². The van der Waals surface area contributed by atoms with Crippen molar-refractivity contribution in [3.63, 3.8) is 0 Å². The number of hydrogen-bond donors (Lipinski definition) is 1. The number of aryl methyl sites for hydroxylation is 1. The molecule has 164 valence electrons. The smallest absolute Gasteiger partial charge is 0.276 e. The first-order chi connectivity index (χ1) is 15.4. The third kappa shape index (κ3) is 4.11. The zero-order chi connectivity index (χ0) is 22.8. The first kappa shape index (κ1) is 21.6. The quantitative estimate of drug-likeness (QED) is 0.427. The molecule has 0 unspecified atom stereocenters. The molecule has 0 saturated carbocycles. The van der Waals surface area contributed by atoms with Gasteiger partial charge in [0.2, 0.25) is 0 Å². The number of nitrogens with zero attached hydrogens (tertiary/aromatic N) is 2. The Hall–Kier alpha value is -3.58. The van der Waals surface area contributed by atoms with Crippen LogP contribution in [0.5, 0.6) is 17.2 Å². The largest absolute Gasteiger partial charge is 0.497 e. The summed E-state index contributed by atoms with van der Waals surface area (Å²) >= 11 is 5.25. The Bertz CT molecular complexity index is 1190. The number of thiocarbonyl (C=S) groups is 1. The maximum Gasteiger partial charge on any atom is 0.276 e. The number of carbonyl (C=O) groups excluding carboxylic acids is 1. The van der Waals surface area contributed by atoms with Crippen molar-refractivity contribution in [2.24, 2.45) is 0 Å². The highest BCUT2D eigenvalue weighted by molar-refractivity contribution is 7.80. The van der Waals surface area contributed by atoms with Crippen molar-refractivity contribution in [3.05, 3.63) is 77.2 Å². The molecule has 1 fully saturated rings. The molecule has 0 aliphatic carbocycles. The third-order valence-electron chi connectivity index (χ3n) is 5.44. The van der Waals surface area contributed by atoms with Crippen LogP contribution >= 0.6 is 12.2 Å². The number of carbonyl (C=O) groups is 1. The highest BCUT2D eigenvalue weighted by atomic mass is 32.1. The van der Waals surface area contributed by atoms with Crippen LogP contribution in [0.15, 0.2) is 60.3 Å². The number of methoxy groups -OCH3 is 1. The van der Waals surface area contributed by atoms with E-state index in [0.29, 0.717) is 17.4 Å². The maximum absolute atomic E-state index is 12.5. The van der Waals surface area contributed by atoms with Crippen LogP contribution in [-0.4, -0.2) is 34.1 Å². The summed E-state index contributed by atoms with van der Waals surface area (Å²) in [6, 6.07) is 17.5. The molecular formula is C25H25N3O3S. The maximum atomic E-state index is 12.5. The molecule has 7 heteroatoms. The van der Waals surface area contributed by atoms with Crippen LogP contribution in [0.2, 0.25) is 0 Å². The van der Waals surface area contributed by atoms with Gasteiger partial charge in [-0.25, -0.2) is 0 Å². The molecule has 0 atom stereocenters. The van der Waals surface area contributed by atoms with Crippen molar-refractivity contribution < 1.29 is 14.3 Å². The molecule has 0 radical (unpaired) electrons. The van der Waals surface area contributed by atoms with Crippen LogP contribution < -0.4 is 14.8 Å². The van der Waals surface area contributed by atoms with E-state index < -0.39 is 0 Å². The van der Waals surface area contributed by atoms with Gasteiger partial charge in [-0.3, -0.25) is 9.69 Å². The van der Waals surface area contributed by atoms with E-state index in [0.717, 1.165) is 39.9 Å². The minimum absolute atomic E-state index is 0.0951. The van der Waals surface area contributed by atoms with Crippen molar-refractivity contribution in [1.82, 2.24) is 14.8 Å². The molecule has 1 aromatic heterocycles. The van der Waals surface area contributed by atoms with E-state index in [9.17, 15) is 4.79 Å². The van der Waals surface area contributed by atoms with Gasteiger partial charge in [0.25, 0.3) is 5.91 Å². The summed E-state index contributed by atoms with van der Waals surface area (Å²) in [5.41, 5.74) is 4.59. The number of nitrogens with one attached hydrogen (secondary N) is 1. The summed E-state index contributed by atoms with van der Waals surface area (Å²) in [5, 5.41) is 3.47. The number of ether oxygens (including phenoxy) is 2. The second-order valence-electron chi connectivity index (χ2n) is 7.47. The molecule has 0 bridgehead atoms. The van der Waals surface area contributed by atoms with E-state index in [1.165, 1.54) is 0 Å². The van der Waals surface area contributed by atoms with E-state index in [1.54, 1.807) is 12.0 Å². The zero-order valence-electron chi connectivity index (χ0n) is 18.5. The molecule has 1 N–H and O–H groups in total. The molecule has 4 rings (SSSR count). The van der Waals surface area contributed by atoms with Crippen molar-refractivity contribution in [2.75, 3.05) is 13.7 Å². The Morgan fingerprint density at radius 2 is 1.59 bits per heavy atom. The van der Waals surface area contributed by atoms with Gasteiger partial charge in [-0.05, 0) is 99.2 Å².